The normalized spacial score (nSPS) is 12.1. The Bertz CT molecular complexity index is 815. The minimum absolute atomic E-state index is 0.0475. The molecule has 0 aliphatic rings. The van der Waals surface area contributed by atoms with E-state index in [1.54, 1.807) is 29.9 Å². The summed E-state index contributed by atoms with van der Waals surface area (Å²) in [5.41, 5.74) is 0.656. The lowest BCUT2D eigenvalue weighted by atomic mass is 10.3. The lowest BCUT2D eigenvalue weighted by Crippen LogP contribution is -2.12. The highest BCUT2D eigenvalue weighted by Crippen LogP contribution is 2.20. The molecule has 0 N–H and O–H groups in total. The van der Waals surface area contributed by atoms with Crippen LogP contribution in [0.5, 0.6) is 0 Å². The van der Waals surface area contributed by atoms with E-state index in [0.29, 0.717) is 5.52 Å². The third kappa shape index (κ3) is 1.53. The van der Waals surface area contributed by atoms with E-state index in [0.717, 1.165) is 5.39 Å². The smallest absolute Gasteiger partial charge is 0.287 e. The molecule has 2 heterocycles. The van der Waals surface area contributed by atoms with Crippen molar-refractivity contribution in [1.82, 2.24) is 13.5 Å². The maximum Gasteiger partial charge on any atom is 0.287 e. The maximum absolute atomic E-state index is 12.4. The van der Waals surface area contributed by atoms with Crippen molar-refractivity contribution in [3.63, 3.8) is 0 Å². The van der Waals surface area contributed by atoms with Crippen LogP contribution in [0.3, 0.4) is 0 Å². The first-order chi connectivity index (χ1) is 8.59. The number of benzene rings is 1. The summed E-state index contributed by atoms with van der Waals surface area (Å²) in [4.78, 5) is 3.90. The number of hydrogen-bond donors (Lipinski definition) is 0. The molecule has 0 aliphatic heterocycles. The first-order valence-electron chi connectivity index (χ1n) is 5.39. The predicted molar refractivity (Wildman–Crippen MR) is 67.7 cm³/mol. The quantitative estimate of drug-likeness (QED) is 0.704. The molecule has 0 fully saturated rings. The summed E-state index contributed by atoms with van der Waals surface area (Å²) in [5, 5.41) is 0.934. The van der Waals surface area contributed by atoms with Gasteiger partial charge >= 0.3 is 0 Å². The zero-order chi connectivity index (χ0) is 12.8. The Labute approximate surface area is 104 Å². The van der Waals surface area contributed by atoms with Crippen LogP contribution in [-0.2, 0) is 17.1 Å². The molecule has 3 rings (SSSR count). The molecule has 3 aromatic rings. The number of hydrogen-bond acceptors (Lipinski definition) is 3. The van der Waals surface area contributed by atoms with Gasteiger partial charge in [0.15, 0.2) is 5.03 Å². The first-order valence-corrected chi connectivity index (χ1v) is 6.83. The molecular formula is C12H11N3O2S. The van der Waals surface area contributed by atoms with Gasteiger partial charge in [0.2, 0.25) is 0 Å². The highest BCUT2D eigenvalue weighted by Gasteiger charge is 2.20. The summed E-state index contributed by atoms with van der Waals surface area (Å²) in [6.45, 7) is 0. The van der Waals surface area contributed by atoms with E-state index in [4.69, 9.17) is 0 Å². The molecule has 0 aliphatic carbocycles. The third-order valence-electron chi connectivity index (χ3n) is 2.77. The summed E-state index contributed by atoms with van der Waals surface area (Å²) < 4.78 is 27.7. The number of rotatable bonds is 2. The molecule has 0 unspecified atom stereocenters. The fourth-order valence-corrected chi connectivity index (χ4v) is 3.22. The van der Waals surface area contributed by atoms with Crippen LogP contribution in [0.4, 0.5) is 0 Å². The van der Waals surface area contributed by atoms with Crippen molar-refractivity contribution in [2.45, 2.75) is 5.03 Å². The van der Waals surface area contributed by atoms with Gasteiger partial charge in [0.25, 0.3) is 10.0 Å². The van der Waals surface area contributed by atoms with Crippen LogP contribution in [0.1, 0.15) is 0 Å². The molecule has 1 aromatic carbocycles. The number of imidazole rings is 1. The molecule has 0 radical (unpaired) electrons. The van der Waals surface area contributed by atoms with E-state index in [2.05, 4.69) is 4.98 Å². The summed E-state index contributed by atoms with van der Waals surface area (Å²) in [6.07, 6.45) is 4.51. The van der Waals surface area contributed by atoms with E-state index in [9.17, 15) is 8.42 Å². The predicted octanol–water partition coefficient (Wildman–Crippen LogP) is 1.61. The summed E-state index contributed by atoms with van der Waals surface area (Å²) in [7, 11) is -1.88. The third-order valence-corrected chi connectivity index (χ3v) is 4.34. The van der Waals surface area contributed by atoms with Crippen molar-refractivity contribution < 1.29 is 8.42 Å². The van der Waals surface area contributed by atoms with Crippen molar-refractivity contribution in [3.8, 4) is 0 Å². The summed E-state index contributed by atoms with van der Waals surface area (Å²) >= 11 is 0. The summed E-state index contributed by atoms with van der Waals surface area (Å²) in [6, 6.07) is 9.11. The molecule has 0 saturated carbocycles. The van der Waals surface area contributed by atoms with Gasteiger partial charge in [-0.1, -0.05) is 18.2 Å². The average Bonchev–Trinajstić information content (AvgIpc) is 2.95. The SMILES string of the molecule is Cn1cnc(S(=O)(=O)n2ccc3ccccc32)c1. The molecule has 0 amide bonds. The molecule has 92 valence electrons. The average molecular weight is 261 g/mol. The molecule has 0 spiro atoms. The monoisotopic (exact) mass is 261 g/mol. The lowest BCUT2D eigenvalue weighted by Gasteiger charge is -2.04. The van der Waals surface area contributed by atoms with Crippen LogP contribution in [0, 0.1) is 0 Å². The zero-order valence-corrected chi connectivity index (χ0v) is 10.5. The van der Waals surface area contributed by atoms with Gasteiger partial charge in [0, 0.05) is 24.8 Å². The van der Waals surface area contributed by atoms with Crippen LogP contribution in [0.2, 0.25) is 0 Å². The van der Waals surface area contributed by atoms with Gasteiger partial charge in [0.1, 0.15) is 0 Å². The van der Waals surface area contributed by atoms with Gasteiger partial charge in [-0.25, -0.2) is 8.96 Å². The Morgan fingerprint density at radius 3 is 2.67 bits per heavy atom. The fourth-order valence-electron chi connectivity index (χ4n) is 1.89. The van der Waals surface area contributed by atoms with Crippen molar-refractivity contribution in [2.24, 2.45) is 7.05 Å². The Morgan fingerprint density at radius 1 is 1.17 bits per heavy atom. The molecule has 0 saturated heterocycles. The largest absolute Gasteiger partial charge is 0.339 e. The molecule has 2 aromatic heterocycles. The van der Waals surface area contributed by atoms with Crippen LogP contribution in [0.25, 0.3) is 10.9 Å². The Morgan fingerprint density at radius 2 is 1.94 bits per heavy atom. The topological polar surface area (TPSA) is 56.9 Å². The molecule has 0 bridgehead atoms. The minimum Gasteiger partial charge on any atom is -0.339 e. The highest BCUT2D eigenvalue weighted by molar-refractivity contribution is 7.90. The van der Waals surface area contributed by atoms with E-state index >= 15 is 0 Å². The standard InChI is InChI=1S/C12H11N3O2S/c1-14-8-12(13-9-14)18(16,17)15-7-6-10-4-2-3-5-11(10)15/h2-9H,1H3. The van der Waals surface area contributed by atoms with Gasteiger partial charge in [-0.2, -0.15) is 8.42 Å². The molecule has 0 atom stereocenters. The van der Waals surface area contributed by atoms with E-state index in [1.807, 2.05) is 18.2 Å². The number of para-hydroxylation sites is 1. The van der Waals surface area contributed by atoms with Gasteiger partial charge in [-0.3, -0.25) is 0 Å². The number of fused-ring (bicyclic) bond motifs is 1. The van der Waals surface area contributed by atoms with E-state index in [-0.39, 0.29) is 5.03 Å². The number of aryl methyl sites for hydroxylation is 1. The second-order valence-electron chi connectivity index (χ2n) is 4.05. The fraction of sp³-hybridized carbons (Fsp3) is 0.0833. The van der Waals surface area contributed by atoms with Crippen molar-refractivity contribution in [3.05, 3.63) is 49.1 Å². The lowest BCUT2D eigenvalue weighted by molar-refractivity contribution is 0.586. The Balaban J connectivity index is 2.26. The van der Waals surface area contributed by atoms with Crippen LogP contribution in [-0.4, -0.2) is 21.9 Å². The number of nitrogens with zero attached hydrogens (tertiary/aromatic N) is 3. The molecular weight excluding hydrogens is 250 g/mol. The second-order valence-corrected chi connectivity index (χ2v) is 5.81. The van der Waals surface area contributed by atoms with E-state index in [1.165, 1.54) is 16.5 Å². The van der Waals surface area contributed by atoms with Crippen LogP contribution < -0.4 is 0 Å². The molecule has 5 nitrogen and oxygen atoms in total. The van der Waals surface area contributed by atoms with Gasteiger partial charge in [0.05, 0.1) is 11.8 Å². The first kappa shape index (κ1) is 11.0. The Hall–Kier alpha value is -2.08. The number of aromatic nitrogens is 3. The van der Waals surface area contributed by atoms with Crippen molar-refractivity contribution in [1.29, 1.82) is 0 Å². The molecule has 18 heavy (non-hydrogen) atoms. The van der Waals surface area contributed by atoms with Crippen LogP contribution in [0.15, 0.2) is 54.1 Å². The van der Waals surface area contributed by atoms with Crippen molar-refractivity contribution >= 4 is 20.9 Å². The zero-order valence-electron chi connectivity index (χ0n) is 9.69. The minimum atomic E-state index is -3.62. The van der Waals surface area contributed by atoms with Crippen molar-refractivity contribution in [2.75, 3.05) is 0 Å². The second kappa shape index (κ2) is 3.71. The van der Waals surface area contributed by atoms with Gasteiger partial charge in [-0.05, 0) is 12.1 Å². The van der Waals surface area contributed by atoms with E-state index < -0.39 is 10.0 Å². The highest BCUT2D eigenvalue weighted by atomic mass is 32.2. The van der Waals surface area contributed by atoms with Gasteiger partial charge < -0.3 is 4.57 Å². The Kier molecular flexibility index (Phi) is 2.27. The maximum atomic E-state index is 12.4. The molecule has 6 heteroatoms. The van der Waals surface area contributed by atoms with Gasteiger partial charge in [-0.15, -0.1) is 0 Å². The summed E-state index contributed by atoms with van der Waals surface area (Å²) in [5.74, 6) is 0. The van der Waals surface area contributed by atoms with Crippen LogP contribution >= 0.6 is 0 Å².